The lowest BCUT2D eigenvalue weighted by atomic mass is 9.43. The van der Waals surface area contributed by atoms with Crippen LogP contribution in [0.25, 0.3) is 194 Å². The molecule has 18 heteroatoms. The Balaban J connectivity index is 1.16. The lowest BCUT2D eigenvalue weighted by Crippen LogP contribution is -2.64. The first-order valence-corrected chi connectivity index (χ1v) is 27.4. The van der Waals surface area contributed by atoms with Gasteiger partial charge in [-0.1, -0.05) is 0 Å². The Hall–Kier alpha value is -8.28. The molecule has 0 saturated heterocycles. The number of allylic oxidation sites excluding steroid dienone is 8. The highest BCUT2D eigenvalue weighted by Gasteiger charge is 2.94. The number of benzene rings is 13. The number of alkyl halides is 18. The zero-order valence-electron chi connectivity index (χ0n) is 39.8. The highest BCUT2D eigenvalue weighted by Crippen LogP contribution is 2.97. The summed E-state index contributed by atoms with van der Waals surface area (Å²) in [6.45, 7) is 0. The normalized spacial score (nSPS) is 31.1. The minimum absolute atomic E-state index is 0.000328. The van der Waals surface area contributed by atoms with Gasteiger partial charge in [-0.15, -0.1) is 0 Å². The van der Waals surface area contributed by atoms with Gasteiger partial charge < -0.3 is 0 Å². The maximum Gasteiger partial charge on any atom is 0.406 e. The van der Waals surface area contributed by atoms with Crippen molar-refractivity contribution in [1.29, 1.82) is 0 Å². The highest BCUT2D eigenvalue weighted by molar-refractivity contribution is 6.74. The molecule has 0 heterocycles. The van der Waals surface area contributed by atoms with Crippen LogP contribution < -0.4 is 0 Å². The van der Waals surface area contributed by atoms with Crippen LogP contribution in [0.2, 0.25) is 0 Å². The van der Waals surface area contributed by atoms with E-state index in [0.29, 0.717) is 43.1 Å². The molecule has 0 aromatic heterocycles. The van der Waals surface area contributed by atoms with Gasteiger partial charge >= 0.3 is 37.1 Å². The quantitative estimate of drug-likeness (QED) is 0.105. The number of hydrogen-bond acceptors (Lipinski definition) is 0. The Labute approximate surface area is 441 Å². The molecule has 32 rings (SSSR count). The highest BCUT2D eigenvalue weighted by atomic mass is 19.4. The zero-order valence-corrected chi connectivity index (χ0v) is 39.8. The first-order valence-electron chi connectivity index (χ1n) is 27.4. The molecular formula is C66F18. The van der Waals surface area contributed by atoms with Crippen molar-refractivity contribution < 1.29 is 79.0 Å². The molecule has 0 spiro atoms. The van der Waals surface area contributed by atoms with Gasteiger partial charge in [0.25, 0.3) is 0 Å². The third-order valence-corrected chi connectivity index (χ3v) is 27.3. The standard InChI is InChI=1S/C66F18/c67-61(68,69)55-39-27-16-10-8-3-1-2-4-7-6(3)18-17(8)29(27)41(55)42-30(18)31-19(7)20-9(4)13-14-12(2)15-5(1)11(10)21-23(16)34-36(39)40-37-49(55)52-53-50(37)60(66(82,83)84)48-35-24(22(13)33-32(20)44(43(31)57(42,52)63(73,74)75)58(53,46(33)48)64(76,77)78)25(14)38-26(15)28(21)45-47(34)59(40,65(79,80)81)54(60)51(35)56(38,45)62(70,71)72. The van der Waals surface area contributed by atoms with Crippen molar-refractivity contribution in [3.05, 3.63) is 100 Å². The van der Waals surface area contributed by atoms with Crippen molar-refractivity contribution in [3.8, 4) is 0 Å². The average Bonchev–Trinajstić information content (AvgIpc) is 1.37. The van der Waals surface area contributed by atoms with E-state index in [9.17, 15) is 0 Å². The van der Waals surface area contributed by atoms with Gasteiger partial charge in [-0.2, -0.15) is 79.0 Å². The van der Waals surface area contributed by atoms with E-state index in [1.54, 1.807) is 0 Å². The minimum Gasteiger partial charge on any atom is -0.169 e. The fourth-order valence-electron chi connectivity index (χ4n) is 27.3. The van der Waals surface area contributed by atoms with Crippen molar-refractivity contribution in [2.75, 3.05) is 0 Å². The molecule has 6 atom stereocenters. The topological polar surface area (TPSA) is 0 Å². The summed E-state index contributed by atoms with van der Waals surface area (Å²) in [5.74, 6) is 0. The van der Waals surface area contributed by atoms with Crippen molar-refractivity contribution in [3.63, 3.8) is 0 Å². The van der Waals surface area contributed by atoms with Crippen molar-refractivity contribution in [1.82, 2.24) is 0 Å². The largest absolute Gasteiger partial charge is 0.406 e. The lowest BCUT2D eigenvalue weighted by molar-refractivity contribution is -0.198. The van der Waals surface area contributed by atoms with Crippen molar-refractivity contribution in [2.24, 2.45) is 0 Å². The molecule has 0 N–H and O–H groups in total. The molecule has 0 bridgehead atoms. The molecule has 390 valence electrons. The first kappa shape index (κ1) is 37.8. The summed E-state index contributed by atoms with van der Waals surface area (Å²) in [7, 11) is 0. The second-order valence-electron chi connectivity index (χ2n) is 27.7. The predicted octanol–water partition coefficient (Wildman–Crippen LogP) is 18.9. The molecule has 6 unspecified atom stereocenters. The zero-order chi connectivity index (χ0) is 55.2. The molecule has 0 amide bonds. The summed E-state index contributed by atoms with van der Waals surface area (Å²) in [4.78, 5) is 0. The second kappa shape index (κ2) is 7.97. The van der Waals surface area contributed by atoms with Crippen LogP contribution in [0.1, 0.15) is 66.8 Å². The van der Waals surface area contributed by atoms with E-state index in [2.05, 4.69) is 0 Å². The van der Waals surface area contributed by atoms with Crippen LogP contribution in [0.15, 0.2) is 33.4 Å². The Morgan fingerprint density at radius 3 is 0.726 bits per heavy atom. The molecule has 14 aliphatic carbocycles. The molecule has 18 aromatic rings. The van der Waals surface area contributed by atoms with E-state index < -0.39 is 219 Å². The van der Waals surface area contributed by atoms with Gasteiger partial charge in [0.15, 0.2) is 0 Å². The maximum absolute atomic E-state index is 19.1. The molecule has 18 aromatic carbocycles. The monoisotopic (exact) mass is 1130 g/mol. The van der Waals surface area contributed by atoms with E-state index in [0.717, 1.165) is 0 Å². The average molecular weight is 1130 g/mol. The van der Waals surface area contributed by atoms with E-state index in [1.165, 1.54) is 0 Å². The molecule has 84 heavy (non-hydrogen) atoms. The molecule has 0 saturated carbocycles. The Bertz CT molecular complexity index is 7250. The van der Waals surface area contributed by atoms with Crippen molar-refractivity contribution in [2.45, 2.75) is 69.5 Å². The van der Waals surface area contributed by atoms with Crippen LogP contribution in [0, 0.1) is 0 Å². The minimum atomic E-state index is -6.50. The van der Waals surface area contributed by atoms with E-state index in [1.807, 2.05) is 0 Å². The number of halogens is 18. The van der Waals surface area contributed by atoms with E-state index in [-0.39, 0.29) is 102 Å². The summed E-state index contributed by atoms with van der Waals surface area (Å²) in [6, 6.07) is 0. The summed E-state index contributed by atoms with van der Waals surface area (Å²) in [5, 5.41) is -1.00. The fraction of sp³-hybridized carbons (Fsp3) is 0.182. The fourth-order valence-corrected chi connectivity index (χ4v) is 27.3. The third kappa shape index (κ3) is 2.00. The lowest BCUT2D eigenvalue weighted by Gasteiger charge is -2.58. The van der Waals surface area contributed by atoms with Crippen molar-refractivity contribution >= 4 is 194 Å². The van der Waals surface area contributed by atoms with Gasteiger partial charge in [0.05, 0.1) is 0 Å². The molecule has 0 fully saturated rings. The molecule has 0 nitrogen and oxygen atoms in total. The Morgan fingerprint density at radius 2 is 0.369 bits per heavy atom. The molecular weight excluding hydrogens is 1130 g/mol. The summed E-state index contributed by atoms with van der Waals surface area (Å²) in [6.07, 6.45) is -37.0. The van der Waals surface area contributed by atoms with Crippen LogP contribution in [-0.2, 0) is 32.5 Å². The summed E-state index contributed by atoms with van der Waals surface area (Å²) in [5.41, 5.74) is -53.7. The third-order valence-electron chi connectivity index (χ3n) is 27.3. The van der Waals surface area contributed by atoms with E-state index in [4.69, 9.17) is 0 Å². The van der Waals surface area contributed by atoms with Crippen LogP contribution in [-0.4, -0.2) is 37.1 Å². The first-order chi connectivity index (χ1) is 39.7. The Kier molecular flexibility index (Phi) is 3.59. The molecule has 14 aliphatic rings. The van der Waals surface area contributed by atoms with Crippen LogP contribution in [0.5, 0.6) is 0 Å². The van der Waals surface area contributed by atoms with Gasteiger partial charge in [-0.3, -0.25) is 0 Å². The van der Waals surface area contributed by atoms with Gasteiger partial charge in [0.2, 0.25) is 0 Å². The molecule has 0 aliphatic heterocycles. The van der Waals surface area contributed by atoms with Crippen LogP contribution in [0.4, 0.5) is 79.0 Å². The van der Waals surface area contributed by atoms with Gasteiger partial charge in [-0.05, 0) is 294 Å². The summed E-state index contributed by atoms with van der Waals surface area (Å²) < 4.78 is 341. The van der Waals surface area contributed by atoms with Crippen LogP contribution >= 0.6 is 0 Å². The maximum atomic E-state index is 19.1. The SMILES string of the molecule is FC(F)(F)C12C3=C4C5=C6C3=C3c7c8c9c%10c(c%11c%12c%13c(c%14c%15c%16c(c1c1c%17c%18c%19c%20c%21c%22c(c7c7c9c9c(c%217)c7c%20c%20c%18c(c%17%16)c%16c%15c%13c%13c%15c%12c%10c9c%15c7c%20c%16%13)C3(C(F)(F)F)C2=C1C%22%19C(F)(F)F)C4%14C(F)(F)F)C5%11C(F)(F)F)C68C(F)(F)F. The smallest absolute Gasteiger partial charge is 0.169 e. The van der Waals surface area contributed by atoms with Crippen LogP contribution in [0.3, 0.4) is 0 Å². The van der Waals surface area contributed by atoms with E-state index >= 15 is 79.0 Å². The van der Waals surface area contributed by atoms with Gasteiger partial charge in [-0.25, -0.2) is 0 Å². The predicted molar refractivity (Wildman–Crippen MR) is 271 cm³/mol. The second-order valence-corrected chi connectivity index (χ2v) is 27.7. The summed E-state index contributed by atoms with van der Waals surface area (Å²) >= 11 is 0. The van der Waals surface area contributed by atoms with Gasteiger partial charge in [0, 0.05) is 0 Å². The Morgan fingerprint density at radius 1 is 0.155 bits per heavy atom. The molecule has 0 radical (unpaired) electrons. The van der Waals surface area contributed by atoms with Gasteiger partial charge in [0.1, 0.15) is 32.5 Å². The number of hydrogen-bond donors (Lipinski definition) is 0. The number of rotatable bonds is 0.